The van der Waals surface area contributed by atoms with Gasteiger partial charge in [0.1, 0.15) is 5.75 Å². The average molecular weight is 421 g/mol. The van der Waals surface area contributed by atoms with Crippen molar-refractivity contribution >= 4 is 43.5 Å². The predicted octanol–water partition coefficient (Wildman–Crippen LogP) is 4.43. The molecule has 0 fully saturated rings. The summed E-state index contributed by atoms with van der Waals surface area (Å²) in [5.74, 6) is 6.47. The summed E-state index contributed by atoms with van der Waals surface area (Å²) in [7, 11) is 1.62. The van der Waals surface area contributed by atoms with Crippen LogP contribution in [0.2, 0.25) is 5.02 Å². The Morgan fingerprint density at radius 2 is 1.90 bits per heavy atom. The Bertz CT molecular complexity index is 622. The number of benzene rings is 2. The van der Waals surface area contributed by atoms with E-state index in [1.807, 2.05) is 30.3 Å². The first kappa shape index (κ1) is 15.8. The quantitative estimate of drug-likeness (QED) is 0.568. The largest absolute Gasteiger partial charge is 0.496 e. The van der Waals surface area contributed by atoms with Gasteiger partial charge in [0.05, 0.1) is 13.2 Å². The van der Waals surface area contributed by atoms with Gasteiger partial charge in [-0.1, -0.05) is 49.5 Å². The summed E-state index contributed by atoms with van der Waals surface area (Å²) in [6.45, 7) is 0. The van der Waals surface area contributed by atoms with Gasteiger partial charge in [0.25, 0.3) is 0 Å². The van der Waals surface area contributed by atoms with Crippen molar-refractivity contribution in [2.45, 2.75) is 6.04 Å². The number of halogens is 3. The molecule has 0 amide bonds. The molecule has 2 aromatic rings. The highest BCUT2D eigenvalue weighted by Gasteiger charge is 2.19. The molecule has 20 heavy (non-hydrogen) atoms. The predicted molar refractivity (Wildman–Crippen MR) is 89.0 cm³/mol. The lowest BCUT2D eigenvalue weighted by Gasteiger charge is -2.21. The lowest BCUT2D eigenvalue weighted by molar-refractivity contribution is 0.404. The van der Waals surface area contributed by atoms with E-state index in [0.717, 1.165) is 25.8 Å². The van der Waals surface area contributed by atoms with Crippen LogP contribution in [-0.4, -0.2) is 7.11 Å². The summed E-state index contributed by atoms with van der Waals surface area (Å²) < 4.78 is 7.32. The molecule has 2 rings (SSSR count). The van der Waals surface area contributed by atoms with Crippen LogP contribution in [0.15, 0.2) is 45.3 Å². The molecule has 0 bridgehead atoms. The normalized spacial score (nSPS) is 12.2. The molecule has 106 valence electrons. The fraction of sp³-hybridized carbons (Fsp3) is 0.143. The molecule has 0 aliphatic carbocycles. The Balaban J connectivity index is 2.54. The van der Waals surface area contributed by atoms with Gasteiger partial charge < -0.3 is 4.74 Å². The lowest BCUT2D eigenvalue weighted by Crippen LogP contribution is -2.29. The number of nitrogens with one attached hydrogen (secondary N) is 1. The van der Waals surface area contributed by atoms with Crippen molar-refractivity contribution in [1.82, 2.24) is 5.43 Å². The monoisotopic (exact) mass is 418 g/mol. The number of ether oxygens (including phenoxy) is 1. The zero-order valence-electron chi connectivity index (χ0n) is 10.7. The van der Waals surface area contributed by atoms with Crippen LogP contribution in [0.5, 0.6) is 5.75 Å². The maximum absolute atomic E-state index is 6.08. The van der Waals surface area contributed by atoms with Crippen LogP contribution in [0.4, 0.5) is 0 Å². The topological polar surface area (TPSA) is 47.3 Å². The second-order valence-electron chi connectivity index (χ2n) is 4.15. The molecule has 0 aliphatic heterocycles. The van der Waals surface area contributed by atoms with Crippen molar-refractivity contribution in [3.63, 3.8) is 0 Å². The molecule has 0 saturated heterocycles. The highest BCUT2D eigenvalue weighted by atomic mass is 79.9. The fourth-order valence-electron chi connectivity index (χ4n) is 2.01. The zero-order chi connectivity index (χ0) is 14.7. The molecule has 0 saturated carbocycles. The third kappa shape index (κ3) is 3.35. The first-order chi connectivity index (χ1) is 9.56. The molecule has 0 radical (unpaired) electrons. The van der Waals surface area contributed by atoms with Crippen LogP contribution in [0.1, 0.15) is 17.2 Å². The Hall–Kier alpha value is -0.590. The summed E-state index contributed by atoms with van der Waals surface area (Å²) >= 11 is 13.1. The minimum absolute atomic E-state index is 0.230. The van der Waals surface area contributed by atoms with Crippen LogP contribution in [-0.2, 0) is 0 Å². The number of nitrogens with two attached hydrogens (primary N) is 1. The third-order valence-corrected chi connectivity index (χ3v) is 4.36. The molecule has 1 unspecified atom stereocenters. The van der Waals surface area contributed by atoms with Crippen LogP contribution >= 0.6 is 43.5 Å². The van der Waals surface area contributed by atoms with Gasteiger partial charge in [-0.05, 0) is 35.9 Å². The minimum atomic E-state index is -0.230. The van der Waals surface area contributed by atoms with Crippen molar-refractivity contribution in [2.75, 3.05) is 7.11 Å². The van der Waals surface area contributed by atoms with E-state index >= 15 is 0 Å². The van der Waals surface area contributed by atoms with Crippen molar-refractivity contribution in [2.24, 2.45) is 5.84 Å². The molecular weight excluding hydrogens is 407 g/mol. The van der Waals surface area contributed by atoms with E-state index in [1.165, 1.54) is 0 Å². The van der Waals surface area contributed by atoms with Gasteiger partial charge in [0.2, 0.25) is 0 Å². The molecule has 0 spiro atoms. The summed E-state index contributed by atoms with van der Waals surface area (Å²) in [5, 5.41) is 0.634. The van der Waals surface area contributed by atoms with Gasteiger partial charge in [-0.2, -0.15) is 0 Å². The fourth-order valence-corrected chi connectivity index (χ4v) is 3.47. The number of rotatable bonds is 4. The smallest absolute Gasteiger partial charge is 0.124 e. The first-order valence-corrected chi connectivity index (χ1v) is 7.77. The molecule has 0 aromatic heterocycles. The van der Waals surface area contributed by atoms with Gasteiger partial charge >= 0.3 is 0 Å². The number of hydrogen-bond donors (Lipinski definition) is 2. The van der Waals surface area contributed by atoms with E-state index in [-0.39, 0.29) is 6.04 Å². The minimum Gasteiger partial charge on any atom is -0.496 e. The molecule has 2 aromatic carbocycles. The van der Waals surface area contributed by atoms with Crippen LogP contribution in [0.3, 0.4) is 0 Å². The van der Waals surface area contributed by atoms with Gasteiger partial charge in [-0.25, -0.2) is 5.43 Å². The molecule has 0 aliphatic rings. The van der Waals surface area contributed by atoms with E-state index < -0.39 is 0 Å². The summed E-state index contributed by atoms with van der Waals surface area (Å²) in [4.78, 5) is 0. The van der Waals surface area contributed by atoms with Crippen LogP contribution in [0.25, 0.3) is 0 Å². The van der Waals surface area contributed by atoms with E-state index in [9.17, 15) is 0 Å². The second kappa shape index (κ2) is 6.91. The molecule has 6 heteroatoms. The summed E-state index contributed by atoms with van der Waals surface area (Å²) in [6.07, 6.45) is 0. The second-order valence-corrected chi connectivity index (χ2v) is 6.36. The van der Waals surface area contributed by atoms with Crippen LogP contribution in [0, 0.1) is 0 Å². The van der Waals surface area contributed by atoms with E-state index in [4.69, 9.17) is 22.2 Å². The van der Waals surface area contributed by atoms with Crippen molar-refractivity contribution in [3.8, 4) is 5.75 Å². The third-order valence-electron chi connectivity index (χ3n) is 2.94. The Labute approximate surface area is 139 Å². The number of hydrogen-bond acceptors (Lipinski definition) is 3. The molecular formula is C14H13Br2ClN2O. The summed E-state index contributed by atoms with van der Waals surface area (Å²) in [6, 6.07) is 11.1. The van der Waals surface area contributed by atoms with Crippen molar-refractivity contribution in [3.05, 3.63) is 61.5 Å². The highest BCUT2D eigenvalue weighted by Crippen LogP contribution is 2.35. The first-order valence-electron chi connectivity index (χ1n) is 5.81. The standard InChI is InChI=1S/C14H13Br2ClN2O/c1-20-13-5-3-9(17)7-11(13)14(19-18)10-4-2-8(15)6-12(10)16/h2-7,14,19H,18H2,1H3. The lowest BCUT2D eigenvalue weighted by atomic mass is 9.98. The maximum atomic E-state index is 6.08. The van der Waals surface area contributed by atoms with E-state index in [1.54, 1.807) is 13.2 Å². The number of methoxy groups -OCH3 is 1. The van der Waals surface area contributed by atoms with E-state index in [0.29, 0.717) is 5.02 Å². The Morgan fingerprint density at radius 1 is 1.15 bits per heavy atom. The number of hydrazine groups is 1. The highest BCUT2D eigenvalue weighted by molar-refractivity contribution is 9.11. The Morgan fingerprint density at radius 3 is 2.50 bits per heavy atom. The van der Waals surface area contributed by atoms with Gasteiger partial charge in [0, 0.05) is 19.5 Å². The van der Waals surface area contributed by atoms with Crippen LogP contribution < -0.4 is 16.0 Å². The van der Waals surface area contributed by atoms with Gasteiger partial charge in [-0.15, -0.1) is 0 Å². The maximum Gasteiger partial charge on any atom is 0.124 e. The zero-order valence-corrected chi connectivity index (χ0v) is 14.6. The van der Waals surface area contributed by atoms with Gasteiger partial charge in [0.15, 0.2) is 0 Å². The van der Waals surface area contributed by atoms with E-state index in [2.05, 4.69) is 37.3 Å². The molecule has 3 N–H and O–H groups in total. The molecule has 1 atom stereocenters. The SMILES string of the molecule is COc1ccc(Cl)cc1C(NN)c1ccc(Br)cc1Br. The Kier molecular flexibility index (Phi) is 5.46. The van der Waals surface area contributed by atoms with Gasteiger partial charge in [-0.3, -0.25) is 5.84 Å². The summed E-state index contributed by atoms with van der Waals surface area (Å²) in [5.41, 5.74) is 4.69. The van der Waals surface area contributed by atoms with Crippen molar-refractivity contribution < 1.29 is 4.74 Å². The molecule has 3 nitrogen and oxygen atoms in total. The average Bonchev–Trinajstić information content (AvgIpc) is 2.42. The molecule has 0 heterocycles. The van der Waals surface area contributed by atoms with Crippen molar-refractivity contribution in [1.29, 1.82) is 0 Å².